The van der Waals surface area contributed by atoms with Gasteiger partial charge in [0.05, 0.1) is 12.3 Å². The number of aliphatic carboxylic acids is 2. The zero-order chi connectivity index (χ0) is 19.6. The molecule has 26 heavy (non-hydrogen) atoms. The molecule has 0 rings (SSSR count). The summed E-state index contributed by atoms with van der Waals surface area (Å²) < 4.78 is 0. The molecule has 0 amide bonds. The first-order chi connectivity index (χ1) is 12.5. The van der Waals surface area contributed by atoms with Gasteiger partial charge in [0.25, 0.3) is 0 Å². The first kappa shape index (κ1) is 24.7. The van der Waals surface area contributed by atoms with Crippen molar-refractivity contribution in [1.29, 1.82) is 0 Å². The average Bonchev–Trinajstić information content (AvgIpc) is 2.60. The topological polar surface area (TPSA) is 74.6 Å². The number of carboxylic acid groups (broad SMARTS) is 2. The second-order valence-corrected chi connectivity index (χ2v) is 7.39. The number of hydrogen-bond donors (Lipinski definition) is 2. The lowest BCUT2D eigenvalue weighted by molar-refractivity contribution is -0.149. The van der Waals surface area contributed by atoms with Gasteiger partial charge in [-0.1, -0.05) is 90.2 Å². The Bertz CT molecular complexity index is 390. The highest BCUT2D eigenvalue weighted by Gasteiger charge is 2.28. The molecular formula is C22H40O4. The van der Waals surface area contributed by atoms with Crippen LogP contribution in [0.1, 0.15) is 104 Å². The molecular weight excluding hydrogens is 328 g/mol. The molecule has 0 fully saturated rings. The maximum atomic E-state index is 11.6. The Morgan fingerprint density at radius 3 is 1.88 bits per heavy atom. The molecule has 0 spiro atoms. The zero-order valence-electron chi connectivity index (χ0n) is 16.9. The van der Waals surface area contributed by atoms with E-state index in [1.165, 1.54) is 51.4 Å². The number of carbonyl (C=O) groups is 2. The Kier molecular flexibility index (Phi) is 16.2. The van der Waals surface area contributed by atoms with E-state index in [0.717, 1.165) is 32.1 Å². The van der Waals surface area contributed by atoms with E-state index in [-0.39, 0.29) is 12.3 Å². The summed E-state index contributed by atoms with van der Waals surface area (Å²) in [5.41, 5.74) is 0. The molecule has 0 aliphatic rings. The first-order valence-corrected chi connectivity index (χ1v) is 10.6. The summed E-state index contributed by atoms with van der Waals surface area (Å²) in [5, 5.41) is 18.5. The summed E-state index contributed by atoms with van der Waals surface area (Å²) in [5.74, 6) is -3.01. The Morgan fingerprint density at radius 2 is 1.35 bits per heavy atom. The molecule has 0 bridgehead atoms. The number of unbranched alkanes of at least 4 members (excludes halogenated alkanes) is 10. The van der Waals surface area contributed by atoms with Crippen molar-refractivity contribution in [2.24, 2.45) is 11.8 Å². The van der Waals surface area contributed by atoms with Gasteiger partial charge in [0.15, 0.2) is 0 Å². The van der Waals surface area contributed by atoms with E-state index in [9.17, 15) is 14.7 Å². The van der Waals surface area contributed by atoms with Gasteiger partial charge in [-0.05, 0) is 25.2 Å². The second-order valence-electron chi connectivity index (χ2n) is 7.39. The van der Waals surface area contributed by atoms with Crippen LogP contribution in [-0.2, 0) is 9.59 Å². The smallest absolute Gasteiger partial charge is 0.307 e. The van der Waals surface area contributed by atoms with E-state index in [0.29, 0.717) is 0 Å². The number of carboxylic acids is 2. The molecule has 2 N–H and O–H groups in total. The van der Waals surface area contributed by atoms with Crippen molar-refractivity contribution >= 4 is 11.9 Å². The van der Waals surface area contributed by atoms with Gasteiger partial charge in [0.2, 0.25) is 0 Å². The second kappa shape index (κ2) is 17.1. The van der Waals surface area contributed by atoms with E-state index in [2.05, 4.69) is 19.9 Å². The predicted octanol–water partition coefficient (Wildman–Crippen LogP) is 6.45. The summed E-state index contributed by atoms with van der Waals surface area (Å²) in [7, 11) is 0. The maximum absolute atomic E-state index is 11.6. The fourth-order valence-corrected chi connectivity index (χ4v) is 3.34. The van der Waals surface area contributed by atoms with Crippen LogP contribution in [0.4, 0.5) is 0 Å². The minimum absolute atomic E-state index is 0.176. The first-order valence-electron chi connectivity index (χ1n) is 10.6. The highest BCUT2D eigenvalue weighted by atomic mass is 16.4. The molecule has 2 atom stereocenters. The van der Waals surface area contributed by atoms with Crippen molar-refractivity contribution in [2.45, 2.75) is 104 Å². The molecule has 4 heteroatoms. The predicted molar refractivity (Wildman–Crippen MR) is 107 cm³/mol. The van der Waals surface area contributed by atoms with Crippen molar-refractivity contribution in [3.63, 3.8) is 0 Å². The SMILES string of the molecule is CCCCCCC/C=C/C(CCCCCCCC)C(CC(=O)O)C(=O)O. The Morgan fingerprint density at radius 1 is 0.808 bits per heavy atom. The van der Waals surface area contributed by atoms with Crippen LogP contribution in [0, 0.1) is 11.8 Å². The fourth-order valence-electron chi connectivity index (χ4n) is 3.34. The molecule has 4 nitrogen and oxygen atoms in total. The lowest BCUT2D eigenvalue weighted by Crippen LogP contribution is -2.25. The quantitative estimate of drug-likeness (QED) is 0.215. The van der Waals surface area contributed by atoms with Crippen molar-refractivity contribution in [3.05, 3.63) is 12.2 Å². The van der Waals surface area contributed by atoms with Crippen molar-refractivity contribution < 1.29 is 19.8 Å². The normalized spacial score (nSPS) is 13.8. The summed E-state index contributed by atoms with van der Waals surface area (Å²) in [6, 6.07) is 0. The van der Waals surface area contributed by atoms with Gasteiger partial charge in [-0.3, -0.25) is 9.59 Å². The molecule has 0 saturated heterocycles. The third-order valence-electron chi connectivity index (χ3n) is 4.98. The van der Waals surface area contributed by atoms with E-state index >= 15 is 0 Å². The van der Waals surface area contributed by atoms with E-state index in [1.807, 2.05) is 6.08 Å². The van der Waals surface area contributed by atoms with Crippen LogP contribution in [-0.4, -0.2) is 22.2 Å². The van der Waals surface area contributed by atoms with Crippen LogP contribution >= 0.6 is 0 Å². The molecule has 0 radical (unpaired) electrons. The van der Waals surface area contributed by atoms with Crippen molar-refractivity contribution in [2.75, 3.05) is 0 Å². The van der Waals surface area contributed by atoms with Crippen LogP contribution in [0.25, 0.3) is 0 Å². The van der Waals surface area contributed by atoms with Gasteiger partial charge < -0.3 is 10.2 Å². The number of allylic oxidation sites excluding steroid dienone is 2. The molecule has 2 unspecified atom stereocenters. The molecule has 0 heterocycles. The van der Waals surface area contributed by atoms with Gasteiger partial charge in [-0.25, -0.2) is 0 Å². The van der Waals surface area contributed by atoms with Crippen LogP contribution in [0.3, 0.4) is 0 Å². The Hall–Kier alpha value is -1.32. The van der Waals surface area contributed by atoms with Crippen LogP contribution in [0.15, 0.2) is 12.2 Å². The van der Waals surface area contributed by atoms with Gasteiger partial charge in [0, 0.05) is 0 Å². The number of rotatable bonds is 18. The molecule has 0 aromatic rings. The average molecular weight is 369 g/mol. The summed E-state index contributed by atoms with van der Waals surface area (Å²) in [6.07, 6.45) is 18.5. The van der Waals surface area contributed by atoms with Gasteiger partial charge in [-0.2, -0.15) is 0 Å². The standard InChI is InChI=1S/C22H40O4/c1-3-5-7-9-11-13-15-17-19(16-14-12-10-8-6-4-2)20(22(25)26)18-21(23)24/h15,17,19-20H,3-14,16,18H2,1-2H3,(H,23,24)(H,25,26)/b17-15+. The maximum Gasteiger partial charge on any atom is 0.307 e. The van der Waals surface area contributed by atoms with Crippen molar-refractivity contribution in [3.8, 4) is 0 Å². The van der Waals surface area contributed by atoms with Crippen LogP contribution in [0.5, 0.6) is 0 Å². The largest absolute Gasteiger partial charge is 0.481 e. The minimum atomic E-state index is -1.03. The minimum Gasteiger partial charge on any atom is -0.481 e. The van der Waals surface area contributed by atoms with E-state index < -0.39 is 17.9 Å². The lowest BCUT2D eigenvalue weighted by atomic mass is 9.84. The monoisotopic (exact) mass is 368 g/mol. The van der Waals surface area contributed by atoms with E-state index in [4.69, 9.17) is 5.11 Å². The highest BCUT2D eigenvalue weighted by molar-refractivity contribution is 5.78. The van der Waals surface area contributed by atoms with Gasteiger partial charge >= 0.3 is 11.9 Å². The van der Waals surface area contributed by atoms with Gasteiger partial charge in [-0.15, -0.1) is 0 Å². The fraction of sp³-hybridized carbons (Fsp3) is 0.818. The number of hydrogen-bond acceptors (Lipinski definition) is 2. The molecule has 152 valence electrons. The molecule has 0 saturated carbocycles. The molecule has 0 aliphatic carbocycles. The van der Waals surface area contributed by atoms with Gasteiger partial charge in [0.1, 0.15) is 0 Å². The lowest BCUT2D eigenvalue weighted by Gasteiger charge is -2.20. The third kappa shape index (κ3) is 13.9. The summed E-state index contributed by atoms with van der Waals surface area (Å²) in [4.78, 5) is 22.6. The molecule has 0 aromatic heterocycles. The summed E-state index contributed by atoms with van der Waals surface area (Å²) >= 11 is 0. The van der Waals surface area contributed by atoms with Crippen LogP contribution in [0.2, 0.25) is 0 Å². The van der Waals surface area contributed by atoms with Crippen LogP contribution < -0.4 is 0 Å². The molecule has 0 aromatic carbocycles. The zero-order valence-corrected chi connectivity index (χ0v) is 16.9. The third-order valence-corrected chi connectivity index (χ3v) is 4.98. The van der Waals surface area contributed by atoms with Crippen molar-refractivity contribution in [1.82, 2.24) is 0 Å². The molecule has 0 aliphatic heterocycles. The Labute approximate surface area is 160 Å². The Balaban J connectivity index is 4.50. The highest BCUT2D eigenvalue weighted by Crippen LogP contribution is 2.25. The summed E-state index contributed by atoms with van der Waals surface area (Å²) in [6.45, 7) is 4.38. The van der Waals surface area contributed by atoms with E-state index in [1.54, 1.807) is 0 Å².